The molecule has 0 saturated carbocycles. The van der Waals surface area contributed by atoms with E-state index in [0.717, 1.165) is 36.2 Å². The number of fused-ring (bicyclic) bond motifs is 1. The molecule has 3 aromatic rings. The van der Waals surface area contributed by atoms with Crippen molar-refractivity contribution in [1.82, 2.24) is 4.90 Å². The van der Waals surface area contributed by atoms with Gasteiger partial charge in [0.15, 0.2) is 0 Å². The Balaban J connectivity index is 1.40. The van der Waals surface area contributed by atoms with Gasteiger partial charge in [0, 0.05) is 24.4 Å². The van der Waals surface area contributed by atoms with E-state index in [9.17, 15) is 9.18 Å². The molecule has 1 saturated heterocycles. The van der Waals surface area contributed by atoms with Gasteiger partial charge in [0.2, 0.25) is 0 Å². The molecule has 1 heterocycles. The molecule has 1 aliphatic rings. The number of hydrogen-bond acceptors (Lipinski definition) is 2. The normalized spacial score (nSPS) is 17.0. The first-order valence-electron chi connectivity index (χ1n) is 10.7. The van der Waals surface area contributed by atoms with E-state index in [-0.39, 0.29) is 17.6 Å². The lowest BCUT2D eigenvalue weighted by Gasteiger charge is -2.33. The Morgan fingerprint density at radius 2 is 1.77 bits per heavy atom. The topological polar surface area (TPSA) is 32.7 Å². The number of piperidine rings is 1. The molecule has 31 heavy (non-hydrogen) atoms. The third kappa shape index (κ3) is 4.91. The average molecular weight is 415 g/mol. The molecule has 4 rings (SSSR count). The van der Waals surface area contributed by atoms with Gasteiger partial charge in [-0.05, 0) is 72.4 Å². The molecule has 0 aliphatic carbocycles. The second kappa shape index (κ2) is 9.25. The van der Waals surface area contributed by atoms with E-state index in [2.05, 4.69) is 36.9 Å². The van der Waals surface area contributed by atoms with Crippen LogP contribution >= 0.6 is 0 Å². The fourth-order valence-electron chi connectivity index (χ4n) is 4.12. The van der Waals surface area contributed by atoms with Crippen molar-refractivity contribution in [2.24, 2.45) is 10.9 Å². The van der Waals surface area contributed by atoms with Crippen molar-refractivity contribution in [2.75, 3.05) is 19.6 Å². The van der Waals surface area contributed by atoms with Gasteiger partial charge in [0.25, 0.3) is 5.91 Å². The minimum absolute atomic E-state index is 0.0478. The lowest BCUT2D eigenvalue weighted by molar-refractivity contribution is 0.0691. The third-order valence-corrected chi connectivity index (χ3v) is 6.06. The van der Waals surface area contributed by atoms with Gasteiger partial charge in [-0.2, -0.15) is 0 Å². The maximum Gasteiger partial charge on any atom is 0.253 e. The van der Waals surface area contributed by atoms with Crippen LogP contribution in [0.15, 0.2) is 83.9 Å². The van der Waals surface area contributed by atoms with Crippen LogP contribution in [0.5, 0.6) is 0 Å². The summed E-state index contributed by atoms with van der Waals surface area (Å²) in [6.45, 7) is 8.23. The largest absolute Gasteiger partial charge is 0.338 e. The van der Waals surface area contributed by atoms with Crippen LogP contribution in [0.4, 0.5) is 4.39 Å². The first-order chi connectivity index (χ1) is 15.0. The number of nitrogens with zero attached hydrogens (tertiary/aromatic N) is 2. The average Bonchev–Trinajstić information content (AvgIpc) is 2.82. The Labute approximate surface area is 182 Å². The summed E-state index contributed by atoms with van der Waals surface area (Å²) in [6, 6.07) is 20.5. The fraction of sp³-hybridized carbons (Fsp3) is 0.259. The summed E-state index contributed by atoms with van der Waals surface area (Å²) in [5.74, 6) is -0.152. The van der Waals surface area contributed by atoms with Crippen LogP contribution in [0.2, 0.25) is 0 Å². The molecule has 1 aliphatic heterocycles. The summed E-state index contributed by atoms with van der Waals surface area (Å²) in [5.41, 5.74) is 3.68. The van der Waals surface area contributed by atoms with Gasteiger partial charge in [-0.3, -0.25) is 9.79 Å². The van der Waals surface area contributed by atoms with Crippen LogP contribution in [-0.4, -0.2) is 36.2 Å². The van der Waals surface area contributed by atoms with Crippen molar-refractivity contribution in [3.05, 3.63) is 95.8 Å². The van der Waals surface area contributed by atoms with E-state index in [4.69, 9.17) is 4.99 Å². The van der Waals surface area contributed by atoms with Crippen molar-refractivity contribution in [3.63, 3.8) is 0 Å². The minimum Gasteiger partial charge on any atom is -0.338 e. The number of hydrogen-bond donors (Lipinski definition) is 0. The Morgan fingerprint density at radius 1 is 1.06 bits per heavy atom. The molecule has 0 bridgehead atoms. The minimum atomic E-state index is -0.332. The van der Waals surface area contributed by atoms with Crippen molar-refractivity contribution in [1.29, 1.82) is 0 Å². The zero-order chi connectivity index (χ0) is 21.8. The lowest BCUT2D eigenvalue weighted by atomic mass is 9.90. The highest BCUT2D eigenvalue weighted by molar-refractivity contribution is 6.02. The highest BCUT2D eigenvalue weighted by Gasteiger charge is 2.26. The Kier molecular flexibility index (Phi) is 6.26. The summed E-state index contributed by atoms with van der Waals surface area (Å²) in [4.78, 5) is 19.4. The highest BCUT2D eigenvalue weighted by Crippen LogP contribution is 2.25. The number of amides is 1. The lowest BCUT2D eigenvalue weighted by Crippen LogP contribution is -2.40. The third-order valence-electron chi connectivity index (χ3n) is 6.06. The first-order valence-corrected chi connectivity index (χ1v) is 10.7. The second-order valence-corrected chi connectivity index (χ2v) is 8.22. The molecule has 3 aromatic carbocycles. The molecule has 0 spiro atoms. The van der Waals surface area contributed by atoms with Crippen molar-refractivity contribution < 1.29 is 9.18 Å². The van der Waals surface area contributed by atoms with Gasteiger partial charge >= 0.3 is 0 Å². The van der Waals surface area contributed by atoms with E-state index in [1.807, 2.05) is 24.0 Å². The summed E-state index contributed by atoms with van der Waals surface area (Å²) < 4.78 is 13.2. The quantitative estimate of drug-likeness (QED) is 0.378. The number of carbonyl (C=O) groups is 1. The number of carbonyl (C=O) groups excluding carboxylic acids is 1. The van der Waals surface area contributed by atoms with Crippen LogP contribution in [0.1, 0.15) is 35.7 Å². The Morgan fingerprint density at radius 3 is 2.55 bits per heavy atom. The highest BCUT2D eigenvalue weighted by atomic mass is 19.1. The van der Waals surface area contributed by atoms with E-state index in [0.29, 0.717) is 18.7 Å². The van der Waals surface area contributed by atoms with Crippen LogP contribution in [0.25, 0.3) is 10.8 Å². The number of likely N-dealkylation sites (tertiary alicyclic amines) is 1. The molecule has 1 atom stereocenters. The molecule has 1 fully saturated rings. The molecular formula is C27H27FN2O. The SMILES string of the molecule is C=C(CN=C(C)c1ccc2ccccc2c1)C1CCCN(C(=O)c2ccc(F)cc2)C1. The summed E-state index contributed by atoms with van der Waals surface area (Å²) >= 11 is 0. The van der Waals surface area contributed by atoms with E-state index < -0.39 is 0 Å². The van der Waals surface area contributed by atoms with Crippen LogP contribution < -0.4 is 0 Å². The van der Waals surface area contributed by atoms with Gasteiger partial charge in [-0.15, -0.1) is 0 Å². The van der Waals surface area contributed by atoms with Crippen molar-refractivity contribution in [3.8, 4) is 0 Å². The molecular weight excluding hydrogens is 387 g/mol. The number of aliphatic imine (C=N–C) groups is 1. The van der Waals surface area contributed by atoms with E-state index in [1.54, 1.807) is 12.1 Å². The van der Waals surface area contributed by atoms with E-state index >= 15 is 0 Å². The standard InChI is InChI=1S/C27H27FN2O/c1-19(17-29-20(2)23-10-9-21-6-3-4-7-24(21)16-23)25-8-5-15-30(18-25)27(31)22-11-13-26(28)14-12-22/h3-4,6-7,9-14,16,25H,1,5,8,15,17-18H2,2H3. The smallest absolute Gasteiger partial charge is 0.253 e. The Hall–Kier alpha value is -3.27. The summed E-state index contributed by atoms with van der Waals surface area (Å²) in [6.07, 6.45) is 1.95. The second-order valence-electron chi connectivity index (χ2n) is 8.22. The summed E-state index contributed by atoms with van der Waals surface area (Å²) in [7, 11) is 0. The Bertz CT molecular complexity index is 1130. The predicted molar refractivity (Wildman–Crippen MR) is 125 cm³/mol. The fourth-order valence-corrected chi connectivity index (χ4v) is 4.12. The number of benzene rings is 3. The molecule has 4 heteroatoms. The zero-order valence-corrected chi connectivity index (χ0v) is 17.9. The zero-order valence-electron chi connectivity index (χ0n) is 17.9. The van der Waals surface area contributed by atoms with Gasteiger partial charge in [0.05, 0.1) is 6.54 Å². The van der Waals surface area contributed by atoms with Crippen LogP contribution in [0, 0.1) is 11.7 Å². The molecule has 158 valence electrons. The van der Waals surface area contributed by atoms with Gasteiger partial charge in [-0.1, -0.05) is 48.6 Å². The first kappa shape index (κ1) is 21.0. The van der Waals surface area contributed by atoms with Crippen LogP contribution in [-0.2, 0) is 0 Å². The van der Waals surface area contributed by atoms with E-state index in [1.165, 1.54) is 22.9 Å². The molecule has 1 amide bonds. The monoisotopic (exact) mass is 414 g/mol. The van der Waals surface area contributed by atoms with Crippen molar-refractivity contribution in [2.45, 2.75) is 19.8 Å². The van der Waals surface area contributed by atoms with Gasteiger partial charge in [-0.25, -0.2) is 4.39 Å². The molecule has 0 radical (unpaired) electrons. The van der Waals surface area contributed by atoms with Crippen LogP contribution in [0.3, 0.4) is 0 Å². The predicted octanol–water partition coefficient (Wildman–Crippen LogP) is 5.90. The van der Waals surface area contributed by atoms with Gasteiger partial charge < -0.3 is 4.90 Å². The maximum atomic E-state index is 13.2. The molecule has 3 nitrogen and oxygen atoms in total. The molecule has 0 N–H and O–H groups in total. The maximum absolute atomic E-state index is 13.2. The number of rotatable bonds is 5. The van der Waals surface area contributed by atoms with Crippen molar-refractivity contribution >= 4 is 22.4 Å². The number of halogens is 1. The molecule has 0 aromatic heterocycles. The van der Waals surface area contributed by atoms with Gasteiger partial charge in [0.1, 0.15) is 5.82 Å². The molecule has 1 unspecified atom stereocenters. The summed E-state index contributed by atoms with van der Waals surface area (Å²) in [5, 5.41) is 2.42.